The number of rotatable bonds is 2. The molecule has 0 saturated carbocycles. The summed E-state index contributed by atoms with van der Waals surface area (Å²) in [5.41, 5.74) is 5.10. The molecule has 122 valence electrons. The summed E-state index contributed by atoms with van der Waals surface area (Å²) in [5, 5.41) is 12.4. The largest absolute Gasteiger partial charge is 0.466 e. The number of hydrogen-bond acceptors (Lipinski definition) is 6. The molecule has 1 aromatic rings. The molecule has 2 aliphatic rings. The summed E-state index contributed by atoms with van der Waals surface area (Å²) in [6.07, 6.45) is 0.307. The SMILES string of the molecule is CCC1=C(C(=O)OC)[C@@]2(C(=O)Nc3ccccc32)C(C#N)=C(N)O1. The van der Waals surface area contributed by atoms with Gasteiger partial charge in [-0.05, 0) is 6.07 Å². The van der Waals surface area contributed by atoms with Gasteiger partial charge in [-0.25, -0.2) is 4.79 Å². The van der Waals surface area contributed by atoms with Crippen molar-refractivity contribution in [1.82, 2.24) is 0 Å². The Balaban J connectivity index is 2.45. The van der Waals surface area contributed by atoms with Crippen LogP contribution in [0.1, 0.15) is 18.9 Å². The van der Waals surface area contributed by atoms with Gasteiger partial charge in [0.15, 0.2) is 5.41 Å². The first-order valence-corrected chi connectivity index (χ1v) is 7.33. The third-order valence-electron chi connectivity index (χ3n) is 4.25. The third-order valence-corrected chi connectivity index (χ3v) is 4.25. The molecule has 0 saturated heterocycles. The van der Waals surface area contributed by atoms with Crippen molar-refractivity contribution in [2.24, 2.45) is 5.73 Å². The standard InChI is InChI=1S/C17H15N3O4/c1-3-12-13(15(21)23-2)17(10(8-18)14(19)24-12)9-6-4-5-7-11(9)20-16(17)22/h4-7H,3,19H2,1-2H3,(H,20,22)/t17-/m0/s1. The minimum absolute atomic E-state index is 0.0132. The number of ether oxygens (including phenoxy) is 2. The molecule has 1 aromatic carbocycles. The number of fused-ring (bicyclic) bond motifs is 2. The summed E-state index contributed by atoms with van der Waals surface area (Å²) >= 11 is 0. The first kappa shape index (κ1) is 15.6. The van der Waals surface area contributed by atoms with Gasteiger partial charge < -0.3 is 20.5 Å². The molecular weight excluding hydrogens is 310 g/mol. The van der Waals surface area contributed by atoms with Crippen LogP contribution in [-0.4, -0.2) is 19.0 Å². The quantitative estimate of drug-likeness (QED) is 0.795. The van der Waals surface area contributed by atoms with E-state index in [1.165, 1.54) is 7.11 Å². The molecule has 0 radical (unpaired) electrons. The number of anilines is 1. The van der Waals surface area contributed by atoms with Crippen LogP contribution in [0.4, 0.5) is 5.69 Å². The van der Waals surface area contributed by atoms with Gasteiger partial charge in [0.1, 0.15) is 23.0 Å². The topological polar surface area (TPSA) is 114 Å². The van der Waals surface area contributed by atoms with E-state index in [4.69, 9.17) is 15.2 Å². The highest BCUT2D eigenvalue weighted by atomic mass is 16.5. The van der Waals surface area contributed by atoms with Crippen LogP contribution in [-0.2, 0) is 24.5 Å². The lowest BCUT2D eigenvalue weighted by atomic mass is 9.68. The van der Waals surface area contributed by atoms with E-state index >= 15 is 0 Å². The average Bonchev–Trinajstić information content (AvgIpc) is 2.87. The van der Waals surface area contributed by atoms with Crippen molar-refractivity contribution in [2.45, 2.75) is 18.8 Å². The van der Waals surface area contributed by atoms with E-state index in [-0.39, 0.29) is 22.8 Å². The number of carbonyl (C=O) groups is 2. The number of nitrogens with zero attached hydrogens (tertiary/aromatic N) is 1. The molecule has 1 spiro atoms. The van der Waals surface area contributed by atoms with E-state index in [0.29, 0.717) is 17.7 Å². The van der Waals surface area contributed by atoms with Crippen LogP contribution < -0.4 is 11.1 Å². The second kappa shape index (κ2) is 5.42. The fourth-order valence-corrected chi connectivity index (χ4v) is 3.26. The van der Waals surface area contributed by atoms with Crippen molar-refractivity contribution >= 4 is 17.6 Å². The van der Waals surface area contributed by atoms with Crippen LogP contribution in [0.25, 0.3) is 0 Å². The molecule has 1 atom stereocenters. The maximum atomic E-state index is 13.0. The molecule has 0 aromatic heterocycles. The molecule has 2 aliphatic heterocycles. The summed E-state index contributed by atoms with van der Waals surface area (Å²) in [7, 11) is 1.21. The lowest BCUT2D eigenvalue weighted by Crippen LogP contribution is -2.45. The first-order valence-electron chi connectivity index (χ1n) is 7.33. The predicted octanol–water partition coefficient (Wildman–Crippen LogP) is 1.44. The van der Waals surface area contributed by atoms with Gasteiger partial charge in [-0.3, -0.25) is 4.79 Å². The Morgan fingerprint density at radius 1 is 1.46 bits per heavy atom. The smallest absolute Gasteiger partial charge is 0.339 e. The zero-order chi connectivity index (χ0) is 17.5. The van der Waals surface area contributed by atoms with Gasteiger partial charge in [0.05, 0.1) is 7.11 Å². The number of nitrogens with two attached hydrogens (primary N) is 1. The number of esters is 1. The second-order valence-electron chi connectivity index (χ2n) is 5.35. The Labute approximate surface area is 138 Å². The summed E-state index contributed by atoms with van der Waals surface area (Å²) in [5.74, 6) is -1.24. The van der Waals surface area contributed by atoms with Crippen LogP contribution in [0.2, 0.25) is 0 Å². The zero-order valence-corrected chi connectivity index (χ0v) is 13.2. The molecule has 0 bridgehead atoms. The number of amides is 1. The number of para-hydroxylation sites is 1. The monoisotopic (exact) mass is 325 g/mol. The average molecular weight is 325 g/mol. The van der Waals surface area contributed by atoms with Crippen LogP contribution in [0.5, 0.6) is 0 Å². The Morgan fingerprint density at radius 3 is 2.79 bits per heavy atom. The fraction of sp³-hybridized carbons (Fsp3) is 0.235. The van der Waals surface area contributed by atoms with Gasteiger partial charge in [-0.2, -0.15) is 5.26 Å². The molecule has 0 unspecified atom stereocenters. The number of benzene rings is 1. The summed E-state index contributed by atoms with van der Waals surface area (Å²) in [6.45, 7) is 1.76. The van der Waals surface area contributed by atoms with E-state index in [9.17, 15) is 14.9 Å². The molecule has 0 aliphatic carbocycles. The summed E-state index contributed by atoms with van der Waals surface area (Å²) in [4.78, 5) is 25.5. The van der Waals surface area contributed by atoms with E-state index in [2.05, 4.69) is 5.32 Å². The normalized spacial score (nSPS) is 22.0. The number of nitrogens with one attached hydrogen (secondary N) is 1. The van der Waals surface area contributed by atoms with Crippen molar-refractivity contribution in [3.05, 3.63) is 52.6 Å². The van der Waals surface area contributed by atoms with Crippen molar-refractivity contribution in [1.29, 1.82) is 5.26 Å². The lowest BCUT2D eigenvalue weighted by molar-refractivity contribution is -0.138. The molecule has 24 heavy (non-hydrogen) atoms. The number of hydrogen-bond donors (Lipinski definition) is 2. The fourth-order valence-electron chi connectivity index (χ4n) is 3.26. The van der Waals surface area contributed by atoms with Crippen LogP contribution in [0.3, 0.4) is 0 Å². The first-order chi connectivity index (χ1) is 11.5. The van der Waals surface area contributed by atoms with Gasteiger partial charge in [0, 0.05) is 17.7 Å². The third kappa shape index (κ3) is 1.77. The van der Waals surface area contributed by atoms with Crippen molar-refractivity contribution < 1.29 is 19.1 Å². The van der Waals surface area contributed by atoms with Gasteiger partial charge in [0.25, 0.3) is 0 Å². The molecule has 3 rings (SSSR count). The number of nitriles is 1. The second-order valence-corrected chi connectivity index (χ2v) is 5.35. The van der Waals surface area contributed by atoms with E-state index in [1.54, 1.807) is 31.2 Å². The number of allylic oxidation sites excluding steroid dienone is 1. The predicted molar refractivity (Wildman–Crippen MR) is 84.0 cm³/mol. The van der Waals surface area contributed by atoms with E-state index < -0.39 is 17.3 Å². The van der Waals surface area contributed by atoms with Crippen LogP contribution in [0, 0.1) is 11.3 Å². The van der Waals surface area contributed by atoms with Crippen molar-refractivity contribution in [3.63, 3.8) is 0 Å². The highest BCUT2D eigenvalue weighted by Crippen LogP contribution is 2.52. The highest BCUT2D eigenvalue weighted by Gasteiger charge is 2.59. The Kier molecular flexibility index (Phi) is 3.53. The molecule has 7 nitrogen and oxygen atoms in total. The van der Waals surface area contributed by atoms with Crippen LogP contribution >= 0.6 is 0 Å². The van der Waals surface area contributed by atoms with Crippen LogP contribution in [0.15, 0.2) is 47.1 Å². The Morgan fingerprint density at radius 2 is 2.17 bits per heavy atom. The molecule has 3 N–H and O–H groups in total. The number of methoxy groups -OCH3 is 1. The van der Waals surface area contributed by atoms with E-state index in [0.717, 1.165) is 0 Å². The maximum absolute atomic E-state index is 13.0. The minimum Gasteiger partial charge on any atom is -0.466 e. The molecule has 1 amide bonds. The molecule has 0 fully saturated rings. The summed E-state index contributed by atoms with van der Waals surface area (Å²) in [6, 6.07) is 8.79. The van der Waals surface area contributed by atoms with Crippen molar-refractivity contribution in [3.8, 4) is 6.07 Å². The van der Waals surface area contributed by atoms with Crippen molar-refractivity contribution in [2.75, 3.05) is 12.4 Å². The summed E-state index contributed by atoms with van der Waals surface area (Å²) < 4.78 is 10.3. The lowest BCUT2D eigenvalue weighted by Gasteiger charge is -2.34. The highest BCUT2D eigenvalue weighted by molar-refractivity contribution is 6.17. The molecular formula is C17H15N3O4. The Bertz CT molecular complexity index is 863. The number of carbonyl (C=O) groups excluding carboxylic acids is 2. The maximum Gasteiger partial charge on any atom is 0.339 e. The zero-order valence-electron chi connectivity index (χ0n) is 13.2. The minimum atomic E-state index is -1.66. The molecule has 7 heteroatoms. The van der Waals surface area contributed by atoms with Gasteiger partial charge in [0.2, 0.25) is 11.8 Å². The Hall–Kier alpha value is -3.27. The van der Waals surface area contributed by atoms with Gasteiger partial charge >= 0.3 is 5.97 Å². The van der Waals surface area contributed by atoms with E-state index in [1.807, 2.05) is 6.07 Å². The molecule has 2 heterocycles. The van der Waals surface area contributed by atoms with Gasteiger partial charge in [-0.1, -0.05) is 25.1 Å². The van der Waals surface area contributed by atoms with Gasteiger partial charge in [-0.15, -0.1) is 0 Å².